The van der Waals surface area contributed by atoms with Crippen LogP contribution in [-0.4, -0.2) is 73.1 Å². The summed E-state index contributed by atoms with van der Waals surface area (Å²) in [6.45, 7) is 5.77. The Kier molecular flexibility index (Phi) is 6.23. The minimum absolute atomic E-state index is 0.0483. The van der Waals surface area contributed by atoms with E-state index in [2.05, 4.69) is 20.6 Å². The van der Waals surface area contributed by atoms with E-state index in [9.17, 15) is 4.79 Å². The van der Waals surface area contributed by atoms with Gasteiger partial charge in [-0.25, -0.2) is 0 Å². The summed E-state index contributed by atoms with van der Waals surface area (Å²) in [5.74, 6) is -0.0483. The molecule has 1 aromatic heterocycles. The fraction of sp³-hybridized carbons (Fsp3) is 0.765. The van der Waals surface area contributed by atoms with Crippen molar-refractivity contribution in [2.45, 2.75) is 37.8 Å². The predicted molar refractivity (Wildman–Crippen MR) is 92.2 cm³/mol. The van der Waals surface area contributed by atoms with Gasteiger partial charge in [-0.3, -0.25) is 9.48 Å². The molecule has 2 saturated heterocycles. The molecule has 7 nitrogen and oxygen atoms in total. The Morgan fingerprint density at radius 3 is 2.96 bits per heavy atom. The maximum atomic E-state index is 12.4. The second kappa shape index (κ2) is 8.60. The summed E-state index contributed by atoms with van der Waals surface area (Å²) in [5, 5.41) is 11.0. The highest BCUT2D eigenvalue weighted by molar-refractivity contribution is 5.92. The van der Waals surface area contributed by atoms with Crippen molar-refractivity contribution in [3.8, 4) is 0 Å². The number of hydrogen-bond acceptors (Lipinski definition) is 5. The Balaban J connectivity index is 1.46. The van der Waals surface area contributed by atoms with Crippen LogP contribution in [0.1, 0.15) is 42.2 Å². The van der Waals surface area contributed by atoms with E-state index < -0.39 is 0 Å². The van der Waals surface area contributed by atoms with Gasteiger partial charge in [0.1, 0.15) is 5.69 Å². The van der Waals surface area contributed by atoms with E-state index in [0.717, 1.165) is 65.0 Å². The van der Waals surface area contributed by atoms with Gasteiger partial charge < -0.3 is 20.3 Å². The van der Waals surface area contributed by atoms with Crippen molar-refractivity contribution in [2.24, 2.45) is 0 Å². The molecule has 3 heterocycles. The molecule has 0 saturated carbocycles. The van der Waals surface area contributed by atoms with E-state index in [4.69, 9.17) is 4.74 Å². The number of methoxy groups -OCH3 is 1. The Morgan fingerprint density at radius 1 is 1.42 bits per heavy atom. The number of carbonyl (C=O) groups excluding carboxylic acids is 1. The van der Waals surface area contributed by atoms with Crippen LogP contribution in [-0.2, 0) is 4.74 Å². The summed E-state index contributed by atoms with van der Waals surface area (Å²) in [6, 6.07) is 2.44. The third kappa shape index (κ3) is 4.55. The standard InChI is InChI=1S/C17H29N5O2/c1-24-12-11-21-8-4-14(5-9-21)19-17(23)16-6-10-22(20-16)15-3-2-7-18-13-15/h6,10,14-15,18H,2-5,7-9,11-13H2,1H3,(H,19,23). The zero-order valence-electron chi connectivity index (χ0n) is 14.5. The number of nitrogens with zero attached hydrogens (tertiary/aromatic N) is 3. The maximum Gasteiger partial charge on any atom is 0.271 e. The van der Waals surface area contributed by atoms with Gasteiger partial charge in [0.2, 0.25) is 0 Å². The van der Waals surface area contributed by atoms with Gasteiger partial charge in [-0.2, -0.15) is 5.10 Å². The van der Waals surface area contributed by atoms with E-state index in [1.54, 1.807) is 7.11 Å². The third-order valence-electron chi connectivity index (χ3n) is 5.02. The minimum Gasteiger partial charge on any atom is -0.383 e. The molecular formula is C17H29N5O2. The SMILES string of the molecule is COCCN1CCC(NC(=O)c2ccn(C3CCCNC3)n2)CC1. The van der Waals surface area contributed by atoms with Gasteiger partial charge in [0.05, 0.1) is 12.6 Å². The van der Waals surface area contributed by atoms with Gasteiger partial charge in [-0.05, 0) is 38.3 Å². The first-order valence-corrected chi connectivity index (χ1v) is 9.04. The molecule has 0 aliphatic carbocycles. The molecule has 134 valence electrons. The number of ether oxygens (including phenoxy) is 1. The van der Waals surface area contributed by atoms with Crippen LogP contribution in [0.25, 0.3) is 0 Å². The van der Waals surface area contributed by atoms with Crippen molar-refractivity contribution < 1.29 is 9.53 Å². The average molecular weight is 335 g/mol. The molecule has 2 aliphatic heterocycles. The smallest absolute Gasteiger partial charge is 0.271 e. The van der Waals surface area contributed by atoms with Crippen LogP contribution < -0.4 is 10.6 Å². The number of rotatable bonds is 6. The molecule has 2 aliphatic rings. The summed E-state index contributed by atoms with van der Waals surface area (Å²) in [7, 11) is 1.73. The van der Waals surface area contributed by atoms with Gasteiger partial charge in [-0.15, -0.1) is 0 Å². The van der Waals surface area contributed by atoms with Gasteiger partial charge in [0.25, 0.3) is 5.91 Å². The van der Waals surface area contributed by atoms with Gasteiger partial charge in [-0.1, -0.05) is 0 Å². The van der Waals surface area contributed by atoms with Crippen LogP contribution in [0.3, 0.4) is 0 Å². The molecular weight excluding hydrogens is 306 g/mol. The Bertz CT molecular complexity index is 519. The van der Waals surface area contributed by atoms with E-state index >= 15 is 0 Å². The highest BCUT2D eigenvalue weighted by Crippen LogP contribution is 2.16. The maximum absolute atomic E-state index is 12.4. The van der Waals surface area contributed by atoms with E-state index in [-0.39, 0.29) is 11.9 Å². The fourth-order valence-corrected chi connectivity index (χ4v) is 3.50. The van der Waals surface area contributed by atoms with E-state index in [1.165, 1.54) is 0 Å². The third-order valence-corrected chi connectivity index (χ3v) is 5.02. The molecule has 7 heteroatoms. The van der Waals surface area contributed by atoms with Crippen molar-refractivity contribution >= 4 is 5.91 Å². The van der Waals surface area contributed by atoms with Crippen molar-refractivity contribution in [3.63, 3.8) is 0 Å². The largest absolute Gasteiger partial charge is 0.383 e. The van der Waals surface area contributed by atoms with Crippen LogP contribution in [0.15, 0.2) is 12.3 Å². The van der Waals surface area contributed by atoms with Crippen molar-refractivity contribution in [3.05, 3.63) is 18.0 Å². The molecule has 0 spiro atoms. The van der Waals surface area contributed by atoms with Gasteiger partial charge in [0.15, 0.2) is 0 Å². The molecule has 2 fully saturated rings. The molecule has 1 atom stereocenters. The second-order valence-electron chi connectivity index (χ2n) is 6.76. The monoisotopic (exact) mass is 335 g/mol. The zero-order chi connectivity index (χ0) is 16.8. The lowest BCUT2D eigenvalue weighted by Crippen LogP contribution is -2.45. The number of aromatic nitrogens is 2. The number of piperidine rings is 2. The number of amides is 1. The lowest BCUT2D eigenvalue weighted by atomic mass is 10.0. The van der Waals surface area contributed by atoms with Crippen molar-refractivity contribution in [1.82, 2.24) is 25.3 Å². The fourth-order valence-electron chi connectivity index (χ4n) is 3.50. The highest BCUT2D eigenvalue weighted by Gasteiger charge is 2.22. The summed E-state index contributed by atoms with van der Waals surface area (Å²) < 4.78 is 7.06. The van der Waals surface area contributed by atoms with Crippen LogP contribution in [0.2, 0.25) is 0 Å². The van der Waals surface area contributed by atoms with Crippen LogP contribution in [0, 0.1) is 0 Å². The summed E-state index contributed by atoms with van der Waals surface area (Å²) in [5.41, 5.74) is 0.530. The zero-order valence-corrected chi connectivity index (χ0v) is 14.5. The first-order valence-electron chi connectivity index (χ1n) is 9.04. The quantitative estimate of drug-likeness (QED) is 0.799. The van der Waals surface area contributed by atoms with Gasteiger partial charge in [0, 0.05) is 45.5 Å². The first kappa shape index (κ1) is 17.4. The highest BCUT2D eigenvalue weighted by atomic mass is 16.5. The molecule has 1 amide bonds. The summed E-state index contributed by atoms with van der Waals surface area (Å²) in [4.78, 5) is 14.8. The van der Waals surface area contributed by atoms with Crippen LogP contribution in [0.5, 0.6) is 0 Å². The predicted octanol–water partition coefficient (Wildman–Crippen LogP) is 0.648. The molecule has 0 aromatic carbocycles. The van der Waals surface area contributed by atoms with Crippen molar-refractivity contribution in [1.29, 1.82) is 0 Å². The number of nitrogens with one attached hydrogen (secondary N) is 2. The average Bonchev–Trinajstić information content (AvgIpc) is 3.12. The van der Waals surface area contributed by atoms with E-state index in [1.807, 2.05) is 16.9 Å². The van der Waals surface area contributed by atoms with Crippen molar-refractivity contribution in [2.75, 3.05) is 46.4 Å². The molecule has 0 radical (unpaired) electrons. The number of likely N-dealkylation sites (tertiary alicyclic amines) is 1. The lowest BCUT2D eigenvalue weighted by Gasteiger charge is -2.31. The van der Waals surface area contributed by atoms with Crippen LogP contribution in [0.4, 0.5) is 0 Å². The molecule has 2 N–H and O–H groups in total. The van der Waals surface area contributed by atoms with Crippen LogP contribution >= 0.6 is 0 Å². The molecule has 24 heavy (non-hydrogen) atoms. The number of carbonyl (C=O) groups is 1. The topological polar surface area (TPSA) is 71.4 Å². The second-order valence-corrected chi connectivity index (χ2v) is 6.76. The van der Waals surface area contributed by atoms with E-state index in [0.29, 0.717) is 11.7 Å². The molecule has 3 rings (SSSR count). The number of hydrogen-bond donors (Lipinski definition) is 2. The minimum atomic E-state index is -0.0483. The molecule has 1 aromatic rings. The Labute approximate surface area is 143 Å². The Hall–Kier alpha value is -1.44. The summed E-state index contributed by atoms with van der Waals surface area (Å²) >= 11 is 0. The van der Waals surface area contributed by atoms with Gasteiger partial charge >= 0.3 is 0 Å². The molecule has 0 bridgehead atoms. The first-order chi connectivity index (χ1) is 11.8. The summed E-state index contributed by atoms with van der Waals surface area (Å²) in [6.07, 6.45) is 6.19. The molecule has 1 unspecified atom stereocenters. The normalized spacial score (nSPS) is 23.3. The lowest BCUT2D eigenvalue weighted by molar-refractivity contribution is 0.0886. The Morgan fingerprint density at radius 2 is 2.25 bits per heavy atom.